The fourth-order valence-corrected chi connectivity index (χ4v) is 3.93. The Bertz CT molecular complexity index is 1020. The van der Waals surface area contributed by atoms with Crippen molar-refractivity contribution in [1.82, 2.24) is 14.7 Å². The molecule has 1 saturated heterocycles. The number of nitrogens with zero attached hydrogens (tertiary/aromatic N) is 3. The van der Waals surface area contributed by atoms with Crippen LogP contribution in [-0.2, 0) is 0 Å². The van der Waals surface area contributed by atoms with Crippen LogP contribution in [0.3, 0.4) is 0 Å². The van der Waals surface area contributed by atoms with Crippen molar-refractivity contribution in [2.45, 2.75) is 0 Å². The van der Waals surface area contributed by atoms with Gasteiger partial charge in [-0.25, -0.2) is 14.4 Å². The number of nitrogens with one attached hydrogen (secondary N) is 1. The highest BCUT2D eigenvalue weighted by atomic mass is 35.5. The fourth-order valence-electron chi connectivity index (χ4n) is 2.22. The number of aromatic nitrogens is 2. The first kappa shape index (κ1) is 15.4. The van der Waals surface area contributed by atoms with E-state index in [1.165, 1.54) is 23.5 Å². The van der Waals surface area contributed by atoms with Crippen LogP contribution in [0.2, 0.25) is 5.15 Å². The number of halogens is 2. The predicted octanol–water partition coefficient (Wildman–Crippen LogP) is 4.72. The van der Waals surface area contributed by atoms with Crippen molar-refractivity contribution in [1.29, 1.82) is 0 Å². The minimum Gasteiger partial charge on any atom is -0.300 e. The number of carbonyl (C=O) groups is 1. The Balaban J connectivity index is 1.79. The second kappa shape index (κ2) is 6.04. The zero-order valence-corrected chi connectivity index (χ0v) is 14.3. The SMILES string of the molecule is O=C1NC(=Nc2cccc(F)c2)/C(=C/c2c(Cl)nc3sccn23)S1. The van der Waals surface area contributed by atoms with Gasteiger partial charge in [-0.05, 0) is 36.0 Å². The lowest BCUT2D eigenvalue weighted by Gasteiger charge is -2.00. The monoisotopic (exact) mass is 378 g/mol. The summed E-state index contributed by atoms with van der Waals surface area (Å²) in [5, 5.41) is 4.65. The second-order valence-electron chi connectivity index (χ2n) is 4.81. The zero-order chi connectivity index (χ0) is 16.7. The number of thiazole rings is 1. The van der Waals surface area contributed by atoms with E-state index in [9.17, 15) is 9.18 Å². The third-order valence-corrected chi connectivity index (χ3v) is 5.08. The topological polar surface area (TPSA) is 58.8 Å². The molecule has 0 atom stereocenters. The Hall–Kier alpha value is -2.16. The molecule has 0 saturated carbocycles. The van der Waals surface area contributed by atoms with Gasteiger partial charge in [-0.1, -0.05) is 17.7 Å². The van der Waals surface area contributed by atoms with Gasteiger partial charge in [-0.3, -0.25) is 9.20 Å². The van der Waals surface area contributed by atoms with Gasteiger partial charge in [-0.15, -0.1) is 11.3 Å². The maximum atomic E-state index is 13.3. The summed E-state index contributed by atoms with van der Waals surface area (Å²) in [5.41, 5.74) is 1.08. The van der Waals surface area contributed by atoms with E-state index in [2.05, 4.69) is 15.3 Å². The first-order chi connectivity index (χ1) is 11.6. The van der Waals surface area contributed by atoms with Crippen molar-refractivity contribution in [2.75, 3.05) is 0 Å². The number of amidine groups is 1. The number of rotatable bonds is 2. The molecule has 0 unspecified atom stereocenters. The third-order valence-electron chi connectivity index (χ3n) is 3.23. The Morgan fingerprint density at radius 2 is 2.29 bits per heavy atom. The molecule has 1 amide bonds. The van der Waals surface area contributed by atoms with Gasteiger partial charge in [0.2, 0.25) is 0 Å². The number of benzene rings is 1. The van der Waals surface area contributed by atoms with E-state index in [-0.39, 0.29) is 5.24 Å². The normalized spacial score (nSPS) is 18.0. The minimum atomic E-state index is -0.391. The lowest BCUT2D eigenvalue weighted by atomic mass is 10.3. The Labute approximate surface area is 148 Å². The quantitative estimate of drug-likeness (QED) is 0.702. The number of hydrogen-bond acceptors (Lipinski definition) is 5. The molecule has 0 bridgehead atoms. The molecule has 0 aliphatic carbocycles. The van der Waals surface area contributed by atoms with Crippen molar-refractivity contribution in [2.24, 2.45) is 4.99 Å². The van der Waals surface area contributed by atoms with Crippen LogP contribution < -0.4 is 5.32 Å². The van der Waals surface area contributed by atoms with E-state index in [4.69, 9.17) is 11.6 Å². The van der Waals surface area contributed by atoms with E-state index in [0.29, 0.717) is 27.3 Å². The number of carbonyl (C=O) groups excluding carboxylic acids is 1. The van der Waals surface area contributed by atoms with Crippen LogP contribution in [0.15, 0.2) is 45.7 Å². The molecule has 4 rings (SSSR count). The highest BCUT2D eigenvalue weighted by Gasteiger charge is 2.25. The first-order valence-corrected chi connectivity index (χ1v) is 8.84. The fraction of sp³-hybridized carbons (Fsp3) is 0. The van der Waals surface area contributed by atoms with Crippen LogP contribution >= 0.6 is 34.7 Å². The number of aliphatic imine (C=N–C) groups is 1. The summed E-state index contributed by atoms with van der Waals surface area (Å²) in [6.07, 6.45) is 3.60. The summed E-state index contributed by atoms with van der Waals surface area (Å²) in [6, 6.07) is 5.85. The van der Waals surface area contributed by atoms with E-state index in [0.717, 1.165) is 16.7 Å². The molecule has 5 nitrogen and oxygen atoms in total. The van der Waals surface area contributed by atoms with Crippen molar-refractivity contribution in [3.63, 3.8) is 0 Å². The van der Waals surface area contributed by atoms with E-state index in [1.807, 2.05) is 16.0 Å². The predicted molar refractivity (Wildman–Crippen MR) is 95.7 cm³/mol. The van der Waals surface area contributed by atoms with Crippen LogP contribution in [-0.4, -0.2) is 20.5 Å². The van der Waals surface area contributed by atoms with Gasteiger partial charge >= 0.3 is 0 Å². The van der Waals surface area contributed by atoms with E-state index >= 15 is 0 Å². The van der Waals surface area contributed by atoms with Crippen LogP contribution in [0.25, 0.3) is 11.0 Å². The van der Waals surface area contributed by atoms with Crippen LogP contribution in [0, 0.1) is 5.82 Å². The van der Waals surface area contributed by atoms with Gasteiger partial charge < -0.3 is 5.32 Å². The van der Waals surface area contributed by atoms with Crippen molar-refractivity contribution >= 4 is 62.5 Å². The molecule has 0 radical (unpaired) electrons. The molecule has 1 N–H and O–H groups in total. The largest absolute Gasteiger partial charge is 0.300 e. The summed E-state index contributed by atoms with van der Waals surface area (Å²) in [7, 11) is 0. The van der Waals surface area contributed by atoms with Gasteiger partial charge in [0.05, 0.1) is 16.3 Å². The summed E-state index contributed by atoms with van der Waals surface area (Å²) < 4.78 is 15.1. The maximum absolute atomic E-state index is 13.3. The number of amides is 1. The van der Waals surface area contributed by atoms with Crippen molar-refractivity contribution in [3.8, 4) is 0 Å². The summed E-state index contributed by atoms with van der Waals surface area (Å²) >= 11 is 8.65. The lowest BCUT2D eigenvalue weighted by Crippen LogP contribution is -2.18. The lowest BCUT2D eigenvalue weighted by molar-refractivity contribution is 0.265. The van der Waals surface area contributed by atoms with Crippen LogP contribution in [0.4, 0.5) is 14.9 Å². The molecule has 1 aromatic carbocycles. The zero-order valence-electron chi connectivity index (χ0n) is 11.9. The minimum absolute atomic E-state index is 0.251. The molecular weight excluding hydrogens is 371 g/mol. The van der Waals surface area contributed by atoms with E-state index in [1.54, 1.807) is 18.2 Å². The van der Waals surface area contributed by atoms with Gasteiger partial charge in [-0.2, -0.15) is 0 Å². The summed E-state index contributed by atoms with van der Waals surface area (Å²) in [6.45, 7) is 0. The molecule has 0 spiro atoms. The number of fused-ring (bicyclic) bond motifs is 1. The first-order valence-electron chi connectivity index (χ1n) is 6.76. The number of thioether (sulfide) groups is 1. The molecular formula is C15H8ClFN4OS2. The van der Waals surface area contributed by atoms with Gasteiger partial charge in [0.15, 0.2) is 10.1 Å². The molecule has 120 valence electrons. The van der Waals surface area contributed by atoms with E-state index < -0.39 is 5.82 Å². The molecule has 1 aliphatic heterocycles. The highest BCUT2D eigenvalue weighted by molar-refractivity contribution is 8.18. The molecule has 3 aromatic rings. The number of imidazole rings is 1. The van der Waals surface area contributed by atoms with Crippen molar-refractivity contribution in [3.05, 3.63) is 57.4 Å². The molecule has 24 heavy (non-hydrogen) atoms. The summed E-state index contributed by atoms with van der Waals surface area (Å²) in [4.78, 5) is 21.7. The average Bonchev–Trinajstić information content (AvgIpc) is 3.18. The van der Waals surface area contributed by atoms with Gasteiger partial charge in [0.1, 0.15) is 11.7 Å². The summed E-state index contributed by atoms with van der Waals surface area (Å²) in [5.74, 6) is -0.0324. The molecule has 1 aliphatic rings. The third kappa shape index (κ3) is 2.83. The van der Waals surface area contributed by atoms with Gasteiger partial charge in [0, 0.05) is 11.6 Å². The Morgan fingerprint density at radius 3 is 3.12 bits per heavy atom. The average molecular weight is 379 g/mol. The number of hydrogen-bond donors (Lipinski definition) is 1. The molecule has 3 heterocycles. The molecule has 2 aromatic heterocycles. The Morgan fingerprint density at radius 1 is 1.42 bits per heavy atom. The molecule has 9 heteroatoms. The van der Waals surface area contributed by atoms with Gasteiger partial charge in [0.25, 0.3) is 5.24 Å². The second-order valence-corrected chi connectivity index (χ2v) is 7.05. The van der Waals surface area contributed by atoms with Crippen LogP contribution in [0.5, 0.6) is 0 Å². The maximum Gasteiger partial charge on any atom is 0.289 e. The Kier molecular flexibility index (Phi) is 3.87. The van der Waals surface area contributed by atoms with Crippen molar-refractivity contribution < 1.29 is 9.18 Å². The smallest absolute Gasteiger partial charge is 0.289 e. The highest BCUT2D eigenvalue weighted by Crippen LogP contribution is 2.31. The van der Waals surface area contributed by atoms with Crippen LogP contribution in [0.1, 0.15) is 5.69 Å². The molecule has 1 fully saturated rings. The standard InChI is InChI=1S/C15H8ClFN4OS2/c16-12-10(21-4-5-23-14(21)19-12)7-11-13(20-15(22)24-11)18-9-3-1-2-8(17)6-9/h1-7H,(H,18,20,22)/b11-7-.